The molecule has 0 radical (unpaired) electrons. The molecule has 18 heavy (non-hydrogen) atoms. The third-order valence-corrected chi connectivity index (χ3v) is 3.93. The Morgan fingerprint density at radius 1 is 1.11 bits per heavy atom. The van der Waals surface area contributed by atoms with E-state index in [1.165, 1.54) is 6.07 Å². The lowest BCUT2D eigenvalue weighted by molar-refractivity contribution is 0.618. The molecule has 4 heteroatoms. The van der Waals surface area contributed by atoms with Crippen LogP contribution in [0.2, 0.25) is 5.02 Å². The van der Waals surface area contributed by atoms with Crippen molar-refractivity contribution in [2.24, 2.45) is 0 Å². The minimum atomic E-state index is -0.297. The van der Waals surface area contributed by atoms with Crippen LogP contribution >= 0.6 is 39.1 Å². The van der Waals surface area contributed by atoms with Crippen molar-refractivity contribution in [3.63, 3.8) is 0 Å². The lowest BCUT2D eigenvalue weighted by atomic mass is 10.0. The second kappa shape index (κ2) is 6.05. The van der Waals surface area contributed by atoms with Crippen LogP contribution in [0.5, 0.6) is 0 Å². The van der Waals surface area contributed by atoms with Crippen molar-refractivity contribution in [3.05, 3.63) is 68.9 Å². The van der Waals surface area contributed by atoms with E-state index in [4.69, 9.17) is 23.2 Å². The summed E-state index contributed by atoms with van der Waals surface area (Å²) >= 11 is 15.2. The summed E-state index contributed by atoms with van der Waals surface area (Å²) < 4.78 is 13.9. The van der Waals surface area contributed by atoms with E-state index in [9.17, 15) is 4.39 Å². The molecule has 2 aromatic rings. The van der Waals surface area contributed by atoms with Gasteiger partial charge in [-0.05, 0) is 57.7 Å². The Labute approximate surface area is 124 Å². The van der Waals surface area contributed by atoms with Gasteiger partial charge in [-0.3, -0.25) is 0 Å². The van der Waals surface area contributed by atoms with Crippen LogP contribution < -0.4 is 0 Å². The Bertz CT molecular complexity index is 540. The van der Waals surface area contributed by atoms with Crippen LogP contribution in [0.15, 0.2) is 46.9 Å². The molecule has 0 aliphatic rings. The minimum Gasteiger partial charge on any atom is -0.206 e. The molecular weight excluding hydrogens is 338 g/mol. The van der Waals surface area contributed by atoms with Crippen LogP contribution in [0.1, 0.15) is 16.5 Å². The molecule has 94 valence electrons. The number of alkyl halides is 1. The highest BCUT2D eigenvalue weighted by Gasteiger charge is 2.11. The maximum absolute atomic E-state index is 13.4. The Morgan fingerprint density at radius 3 is 2.39 bits per heavy atom. The van der Waals surface area contributed by atoms with Gasteiger partial charge in [0.1, 0.15) is 5.82 Å². The zero-order valence-corrected chi connectivity index (χ0v) is 12.4. The molecule has 1 unspecified atom stereocenters. The van der Waals surface area contributed by atoms with Crippen molar-refractivity contribution >= 4 is 39.1 Å². The fourth-order valence-electron chi connectivity index (χ4n) is 1.65. The van der Waals surface area contributed by atoms with Gasteiger partial charge in [-0.2, -0.15) is 0 Å². The van der Waals surface area contributed by atoms with E-state index in [0.717, 1.165) is 11.1 Å². The molecule has 0 spiro atoms. The second-order valence-electron chi connectivity index (χ2n) is 3.97. The van der Waals surface area contributed by atoms with Gasteiger partial charge in [0.15, 0.2) is 0 Å². The van der Waals surface area contributed by atoms with Gasteiger partial charge in [0.25, 0.3) is 0 Å². The predicted octanol–water partition coefficient (Wildman–Crippen LogP) is 5.76. The Kier molecular flexibility index (Phi) is 4.66. The van der Waals surface area contributed by atoms with Crippen molar-refractivity contribution < 1.29 is 4.39 Å². The van der Waals surface area contributed by atoms with E-state index in [2.05, 4.69) is 15.9 Å². The van der Waals surface area contributed by atoms with Gasteiger partial charge >= 0.3 is 0 Å². The monoisotopic (exact) mass is 346 g/mol. The molecule has 0 nitrogen and oxygen atoms in total. The van der Waals surface area contributed by atoms with Crippen LogP contribution in [0.25, 0.3) is 0 Å². The molecule has 0 saturated heterocycles. The standard InChI is InChI=1S/C14H10BrCl2F/c15-12-6-3-10(8-14(12)18)13(17)7-9-1-4-11(16)5-2-9/h1-6,8,13H,7H2. The van der Waals surface area contributed by atoms with E-state index in [-0.39, 0.29) is 11.2 Å². The largest absolute Gasteiger partial charge is 0.206 e. The number of rotatable bonds is 3. The average Bonchev–Trinajstić information content (AvgIpc) is 2.35. The molecule has 0 saturated carbocycles. The van der Waals surface area contributed by atoms with E-state index >= 15 is 0 Å². The topological polar surface area (TPSA) is 0 Å². The van der Waals surface area contributed by atoms with Crippen LogP contribution in [0, 0.1) is 5.82 Å². The highest BCUT2D eigenvalue weighted by Crippen LogP contribution is 2.28. The summed E-state index contributed by atoms with van der Waals surface area (Å²) in [4.78, 5) is 0. The average molecular weight is 348 g/mol. The van der Waals surface area contributed by atoms with E-state index < -0.39 is 0 Å². The van der Waals surface area contributed by atoms with Crippen LogP contribution in [-0.4, -0.2) is 0 Å². The van der Waals surface area contributed by atoms with E-state index in [0.29, 0.717) is 15.9 Å². The quantitative estimate of drug-likeness (QED) is 0.619. The molecule has 0 aliphatic carbocycles. The number of halogens is 4. The summed E-state index contributed by atoms with van der Waals surface area (Å²) in [5, 5.41) is 0.438. The van der Waals surface area contributed by atoms with Crippen molar-refractivity contribution in [2.45, 2.75) is 11.8 Å². The summed E-state index contributed by atoms with van der Waals surface area (Å²) in [7, 11) is 0. The predicted molar refractivity (Wildman–Crippen MR) is 77.9 cm³/mol. The fraction of sp³-hybridized carbons (Fsp3) is 0.143. The highest BCUT2D eigenvalue weighted by atomic mass is 79.9. The van der Waals surface area contributed by atoms with Crippen LogP contribution in [-0.2, 0) is 6.42 Å². The van der Waals surface area contributed by atoms with E-state index in [1.54, 1.807) is 6.07 Å². The molecule has 0 aliphatic heterocycles. The number of hydrogen-bond acceptors (Lipinski definition) is 0. The van der Waals surface area contributed by atoms with Gasteiger partial charge in [-0.25, -0.2) is 4.39 Å². The van der Waals surface area contributed by atoms with Gasteiger partial charge in [-0.1, -0.05) is 29.8 Å². The van der Waals surface area contributed by atoms with Gasteiger partial charge < -0.3 is 0 Å². The van der Waals surface area contributed by atoms with E-state index in [1.807, 2.05) is 30.3 Å². The molecule has 1 atom stereocenters. The molecule has 0 bridgehead atoms. The highest BCUT2D eigenvalue weighted by molar-refractivity contribution is 9.10. The summed E-state index contributed by atoms with van der Waals surface area (Å²) in [5.74, 6) is -0.297. The van der Waals surface area contributed by atoms with Crippen molar-refractivity contribution in [2.75, 3.05) is 0 Å². The van der Waals surface area contributed by atoms with Gasteiger partial charge in [-0.15, -0.1) is 11.6 Å². The maximum atomic E-state index is 13.4. The zero-order valence-electron chi connectivity index (χ0n) is 9.34. The lowest BCUT2D eigenvalue weighted by Gasteiger charge is -2.10. The molecule has 0 heterocycles. The smallest absolute Gasteiger partial charge is 0.137 e. The number of hydrogen-bond donors (Lipinski definition) is 0. The normalized spacial score (nSPS) is 12.4. The van der Waals surface area contributed by atoms with Crippen molar-refractivity contribution in [3.8, 4) is 0 Å². The molecule has 0 fully saturated rings. The van der Waals surface area contributed by atoms with Gasteiger partial charge in [0.2, 0.25) is 0 Å². The van der Waals surface area contributed by atoms with Gasteiger partial charge in [0, 0.05) is 5.02 Å². The van der Waals surface area contributed by atoms with Gasteiger partial charge in [0.05, 0.1) is 9.85 Å². The van der Waals surface area contributed by atoms with Crippen molar-refractivity contribution in [1.29, 1.82) is 0 Å². The van der Waals surface area contributed by atoms with Crippen LogP contribution in [0.4, 0.5) is 4.39 Å². The molecule has 0 amide bonds. The first kappa shape index (κ1) is 13.9. The third kappa shape index (κ3) is 3.47. The van der Waals surface area contributed by atoms with Crippen LogP contribution in [0.3, 0.4) is 0 Å². The Hall–Kier alpha value is -0.570. The molecule has 0 aromatic heterocycles. The molecular formula is C14H10BrCl2F. The molecule has 2 rings (SSSR count). The first-order chi connectivity index (χ1) is 8.56. The van der Waals surface area contributed by atoms with Crippen molar-refractivity contribution in [1.82, 2.24) is 0 Å². The third-order valence-electron chi connectivity index (χ3n) is 2.63. The zero-order chi connectivity index (χ0) is 13.1. The summed E-state index contributed by atoms with van der Waals surface area (Å²) in [5.41, 5.74) is 1.84. The molecule has 2 aromatic carbocycles. The molecule has 0 N–H and O–H groups in total. The number of benzene rings is 2. The Balaban J connectivity index is 2.13. The lowest BCUT2D eigenvalue weighted by Crippen LogP contribution is -1.96. The Morgan fingerprint density at radius 2 is 1.78 bits per heavy atom. The first-order valence-corrected chi connectivity index (χ1v) is 7.00. The maximum Gasteiger partial charge on any atom is 0.137 e. The summed E-state index contributed by atoms with van der Waals surface area (Å²) in [6.45, 7) is 0. The first-order valence-electron chi connectivity index (χ1n) is 5.40. The minimum absolute atomic E-state index is 0.256. The summed E-state index contributed by atoms with van der Waals surface area (Å²) in [6.07, 6.45) is 0.639. The summed E-state index contributed by atoms with van der Waals surface area (Å²) in [6, 6.07) is 12.4. The second-order valence-corrected chi connectivity index (χ2v) is 5.79. The fourth-order valence-corrected chi connectivity index (χ4v) is 2.34. The SMILES string of the molecule is Fc1cc(C(Cl)Cc2ccc(Cl)cc2)ccc1Br.